The number of ether oxygens (including phenoxy) is 3. The van der Waals surface area contributed by atoms with E-state index < -0.39 is 16.4 Å². The number of carbonyl (C=O) groups is 1. The monoisotopic (exact) mass is 292 g/mol. The second-order valence-corrected chi connectivity index (χ2v) is 4.89. The number of esters is 1. The fourth-order valence-electron chi connectivity index (χ4n) is 1.52. The SMILES string of the molecule is COC(=O)C(Cl)(Cl)C(OC)c1ccc(OC)cc1. The molecule has 18 heavy (non-hydrogen) atoms. The molecule has 0 saturated carbocycles. The van der Waals surface area contributed by atoms with Gasteiger partial charge in [0.2, 0.25) is 4.33 Å². The van der Waals surface area contributed by atoms with Gasteiger partial charge in [0.05, 0.1) is 14.2 Å². The molecule has 0 radical (unpaired) electrons. The van der Waals surface area contributed by atoms with Gasteiger partial charge < -0.3 is 14.2 Å². The van der Waals surface area contributed by atoms with Crippen molar-refractivity contribution in [3.63, 3.8) is 0 Å². The summed E-state index contributed by atoms with van der Waals surface area (Å²) >= 11 is 12.0. The average molecular weight is 293 g/mol. The lowest BCUT2D eigenvalue weighted by atomic mass is 10.1. The van der Waals surface area contributed by atoms with Crippen molar-refractivity contribution in [3.05, 3.63) is 29.8 Å². The number of alkyl halides is 2. The first-order chi connectivity index (χ1) is 8.47. The van der Waals surface area contributed by atoms with Crippen LogP contribution in [0.3, 0.4) is 0 Å². The Balaban J connectivity index is 3.04. The molecule has 6 heteroatoms. The van der Waals surface area contributed by atoms with Crippen molar-refractivity contribution in [1.29, 1.82) is 0 Å². The van der Waals surface area contributed by atoms with Crippen LogP contribution in [0.15, 0.2) is 24.3 Å². The van der Waals surface area contributed by atoms with Crippen molar-refractivity contribution in [2.45, 2.75) is 10.4 Å². The Labute approximate surface area is 116 Å². The molecule has 1 aromatic carbocycles. The summed E-state index contributed by atoms with van der Waals surface area (Å²) in [5.74, 6) is -0.0880. The summed E-state index contributed by atoms with van der Waals surface area (Å²) in [6.45, 7) is 0. The molecule has 0 aliphatic carbocycles. The Bertz CT molecular complexity index is 403. The smallest absolute Gasteiger partial charge is 0.345 e. The van der Waals surface area contributed by atoms with Crippen molar-refractivity contribution in [1.82, 2.24) is 0 Å². The Kier molecular flexibility index (Phi) is 5.26. The highest BCUT2D eigenvalue weighted by Gasteiger charge is 2.45. The lowest BCUT2D eigenvalue weighted by Gasteiger charge is -2.26. The molecule has 1 atom stereocenters. The van der Waals surface area contributed by atoms with E-state index in [1.165, 1.54) is 14.2 Å². The molecule has 1 unspecified atom stereocenters. The maximum atomic E-state index is 11.5. The van der Waals surface area contributed by atoms with Crippen LogP contribution in [0.5, 0.6) is 5.75 Å². The molecular formula is C12H14Cl2O4. The Morgan fingerprint density at radius 1 is 1.17 bits per heavy atom. The second kappa shape index (κ2) is 6.27. The number of halogens is 2. The van der Waals surface area contributed by atoms with Crippen molar-refractivity contribution >= 4 is 29.2 Å². The zero-order valence-electron chi connectivity index (χ0n) is 10.3. The van der Waals surface area contributed by atoms with Crippen LogP contribution in [-0.4, -0.2) is 31.6 Å². The van der Waals surface area contributed by atoms with Crippen LogP contribution in [0.4, 0.5) is 0 Å². The van der Waals surface area contributed by atoms with E-state index in [2.05, 4.69) is 4.74 Å². The molecular weight excluding hydrogens is 279 g/mol. The number of carbonyl (C=O) groups excluding carboxylic acids is 1. The van der Waals surface area contributed by atoms with E-state index >= 15 is 0 Å². The van der Waals surface area contributed by atoms with Gasteiger partial charge in [0.25, 0.3) is 0 Å². The Morgan fingerprint density at radius 3 is 2.11 bits per heavy atom. The molecule has 100 valence electrons. The molecule has 0 bridgehead atoms. The third-order valence-corrected chi connectivity index (χ3v) is 3.15. The van der Waals surface area contributed by atoms with Crippen LogP contribution in [0.2, 0.25) is 0 Å². The molecule has 0 N–H and O–H groups in total. The molecule has 0 fully saturated rings. The van der Waals surface area contributed by atoms with Gasteiger partial charge in [-0.25, -0.2) is 4.79 Å². The van der Waals surface area contributed by atoms with E-state index in [1.54, 1.807) is 31.4 Å². The minimum atomic E-state index is -1.81. The quantitative estimate of drug-likeness (QED) is 0.618. The molecule has 0 aromatic heterocycles. The lowest BCUT2D eigenvalue weighted by molar-refractivity contribution is -0.144. The summed E-state index contributed by atoms with van der Waals surface area (Å²) in [7, 11) is 4.19. The van der Waals surface area contributed by atoms with Gasteiger partial charge in [-0.15, -0.1) is 0 Å². The van der Waals surface area contributed by atoms with E-state index in [0.717, 1.165) is 0 Å². The first kappa shape index (κ1) is 15.1. The molecule has 1 aromatic rings. The van der Waals surface area contributed by atoms with Gasteiger partial charge in [0, 0.05) is 7.11 Å². The average Bonchev–Trinajstić information content (AvgIpc) is 2.39. The van der Waals surface area contributed by atoms with Gasteiger partial charge >= 0.3 is 5.97 Å². The number of hydrogen-bond donors (Lipinski definition) is 0. The predicted molar refractivity (Wildman–Crippen MR) is 69.2 cm³/mol. The molecule has 0 aliphatic heterocycles. The number of hydrogen-bond acceptors (Lipinski definition) is 4. The van der Waals surface area contributed by atoms with Crippen LogP contribution < -0.4 is 4.74 Å². The van der Waals surface area contributed by atoms with Crippen LogP contribution in [0.1, 0.15) is 11.7 Å². The van der Waals surface area contributed by atoms with Crippen molar-refractivity contribution in [2.75, 3.05) is 21.3 Å². The van der Waals surface area contributed by atoms with Gasteiger partial charge in [0.1, 0.15) is 11.9 Å². The van der Waals surface area contributed by atoms with Gasteiger partial charge in [-0.1, -0.05) is 35.3 Å². The predicted octanol–water partition coefficient (Wildman–Crippen LogP) is 2.73. The molecule has 0 amide bonds. The van der Waals surface area contributed by atoms with Crippen molar-refractivity contribution in [3.8, 4) is 5.75 Å². The highest BCUT2D eigenvalue weighted by atomic mass is 35.5. The highest BCUT2D eigenvalue weighted by Crippen LogP contribution is 2.39. The molecule has 1 rings (SSSR count). The zero-order valence-corrected chi connectivity index (χ0v) is 11.8. The molecule has 0 saturated heterocycles. The molecule has 0 aliphatic rings. The summed E-state index contributed by atoms with van der Waals surface area (Å²) in [6.07, 6.45) is -0.834. The Hall–Kier alpha value is -0.970. The largest absolute Gasteiger partial charge is 0.497 e. The van der Waals surface area contributed by atoms with Crippen LogP contribution in [-0.2, 0) is 14.3 Å². The maximum Gasteiger partial charge on any atom is 0.345 e. The normalized spacial score (nSPS) is 12.9. The minimum Gasteiger partial charge on any atom is -0.497 e. The first-order valence-electron chi connectivity index (χ1n) is 5.10. The van der Waals surface area contributed by atoms with Crippen LogP contribution >= 0.6 is 23.2 Å². The third-order valence-electron chi connectivity index (χ3n) is 2.44. The van der Waals surface area contributed by atoms with Gasteiger partial charge in [-0.3, -0.25) is 0 Å². The van der Waals surface area contributed by atoms with Gasteiger partial charge in [-0.05, 0) is 17.7 Å². The summed E-state index contributed by atoms with van der Waals surface area (Å²) < 4.78 is 13.0. The topological polar surface area (TPSA) is 44.8 Å². The van der Waals surface area contributed by atoms with E-state index in [0.29, 0.717) is 11.3 Å². The fraction of sp³-hybridized carbons (Fsp3) is 0.417. The summed E-state index contributed by atoms with van der Waals surface area (Å²) in [4.78, 5) is 11.5. The highest BCUT2D eigenvalue weighted by molar-refractivity contribution is 6.58. The van der Waals surface area contributed by atoms with E-state index in [1.807, 2.05) is 0 Å². The van der Waals surface area contributed by atoms with Crippen molar-refractivity contribution in [2.24, 2.45) is 0 Å². The van der Waals surface area contributed by atoms with Crippen LogP contribution in [0.25, 0.3) is 0 Å². The summed E-state index contributed by atoms with van der Waals surface area (Å²) in [5.41, 5.74) is 0.647. The number of rotatable bonds is 5. The van der Waals surface area contributed by atoms with E-state index in [9.17, 15) is 4.79 Å². The van der Waals surface area contributed by atoms with Gasteiger partial charge in [0.15, 0.2) is 0 Å². The minimum absolute atomic E-state index is 0.647. The van der Waals surface area contributed by atoms with Gasteiger partial charge in [-0.2, -0.15) is 0 Å². The van der Waals surface area contributed by atoms with E-state index in [4.69, 9.17) is 32.7 Å². The summed E-state index contributed by atoms with van der Waals surface area (Å²) in [6, 6.07) is 6.88. The molecule has 4 nitrogen and oxygen atoms in total. The second-order valence-electron chi connectivity index (χ2n) is 3.50. The zero-order chi connectivity index (χ0) is 13.8. The first-order valence-corrected chi connectivity index (χ1v) is 5.86. The number of benzene rings is 1. The third kappa shape index (κ3) is 3.07. The van der Waals surface area contributed by atoms with E-state index in [-0.39, 0.29) is 0 Å². The number of methoxy groups -OCH3 is 3. The standard InChI is InChI=1S/C12H14Cl2O4/c1-16-9-6-4-8(5-7-9)10(17-2)12(13,14)11(15)18-3/h4-7,10H,1-3H3. The summed E-state index contributed by atoms with van der Waals surface area (Å²) in [5, 5.41) is 0. The van der Waals surface area contributed by atoms with Crippen LogP contribution in [0, 0.1) is 0 Å². The Morgan fingerprint density at radius 2 is 1.72 bits per heavy atom. The molecule has 0 heterocycles. The molecule has 0 spiro atoms. The fourth-order valence-corrected chi connectivity index (χ4v) is 2.10. The lowest BCUT2D eigenvalue weighted by Crippen LogP contribution is -2.35. The van der Waals surface area contributed by atoms with Crippen molar-refractivity contribution < 1.29 is 19.0 Å². The maximum absolute atomic E-state index is 11.5.